The second kappa shape index (κ2) is 9.15. The summed E-state index contributed by atoms with van der Waals surface area (Å²) in [6, 6.07) is 7.56. The molecule has 1 unspecified atom stereocenters. The van der Waals surface area contributed by atoms with Crippen LogP contribution in [-0.4, -0.2) is 30.3 Å². The Morgan fingerprint density at radius 2 is 1.92 bits per heavy atom. The standard InChI is InChI=1S/C19H26N2O3S/c22-18(12-14-4-1-2-5-14)21-19(25)20-15-7-9-16(10-8-15)24-13-17-6-3-11-23-17/h7-10,14,17H,1-6,11-13H2,(H2,20,21,22,25). The molecule has 1 aliphatic heterocycles. The van der Waals surface area contributed by atoms with Crippen LogP contribution >= 0.6 is 12.2 Å². The maximum absolute atomic E-state index is 12.0. The highest BCUT2D eigenvalue weighted by Crippen LogP contribution is 2.27. The van der Waals surface area contributed by atoms with E-state index in [9.17, 15) is 4.79 Å². The molecule has 1 atom stereocenters. The van der Waals surface area contributed by atoms with Crippen molar-refractivity contribution >= 4 is 28.9 Å². The molecule has 1 heterocycles. The van der Waals surface area contributed by atoms with E-state index in [2.05, 4.69) is 10.6 Å². The molecule has 1 aromatic carbocycles. The first kappa shape index (κ1) is 18.1. The van der Waals surface area contributed by atoms with Crippen LogP contribution in [0.2, 0.25) is 0 Å². The van der Waals surface area contributed by atoms with Crippen LogP contribution < -0.4 is 15.4 Å². The number of amides is 1. The van der Waals surface area contributed by atoms with Crippen LogP contribution in [0.4, 0.5) is 5.69 Å². The minimum Gasteiger partial charge on any atom is -0.491 e. The smallest absolute Gasteiger partial charge is 0.226 e. The van der Waals surface area contributed by atoms with Crippen LogP contribution in [-0.2, 0) is 9.53 Å². The maximum Gasteiger partial charge on any atom is 0.226 e. The number of ether oxygens (including phenoxy) is 2. The molecule has 2 fully saturated rings. The molecular formula is C19H26N2O3S. The summed E-state index contributed by atoms with van der Waals surface area (Å²) < 4.78 is 11.3. The van der Waals surface area contributed by atoms with Gasteiger partial charge in [-0.25, -0.2) is 0 Å². The zero-order chi connectivity index (χ0) is 17.5. The Balaban J connectivity index is 1.39. The number of benzene rings is 1. The molecule has 2 aliphatic rings. The van der Waals surface area contributed by atoms with Gasteiger partial charge in [-0.3, -0.25) is 4.79 Å². The second-order valence-corrected chi connectivity index (χ2v) is 7.24. The first-order chi connectivity index (χ1) is 12.2. The minimum atomic E-state index is 0.000849. The molecule has 0 bridgehead atoms. The summed E-state index contributed by atoms with van der Waals surface area (Å²) in [7, 11) is 0. The summed E-state index contributed by atoms with van der Waals surface area (Å²) in [5.74, 6) is 1.32. The fourth-order valence-corrected chi connectivity index (χ4v) is 3.65. The largest absolute Gasteiger partial charge is 0.491 e. The zero-order valence-corrected chi connectivity index (χ0v) is 15.3. The molecule has 0 radical (unpaired) electrons. The minimum absolute atomic E-state index is 0.000849. The van der Waals surface area contributed by atoms with Crippen LogP contribution in [0.3, 0.4) is 0 Å². The normalized spacial score (nSPS) is 20.4. The third-order valence-electron chi connectivity index (χ3n) is 4.77. The molecule has 136 valence electrons. The molecule has 0 spiro atoms. The van der Waals surface area contributed by atoms with Gasteiger partial charge in [0.2, 0.25) is 5.91 Å². The van der Waals surface area contributed by atoms with Gasteiger partial charge in [0.05, 0.1) is 6.10 Å². The third-order valence-corrected chi connectivity index (χ3v) is 4.98. The molecule has 6 heteroatoms. The topological polar surface area (TPSA) is 59.6 Å². The van der Waals surface area contributed by atoms with Crippen molar-refractivity contribution in [3.05, 3.63) is 24.3 Å². The highest BCUT2D eigenvalue weighted by Gasteiger charge is 2.19. The number of rotatable bonds is 6. The van der Waals surface area contributed by atoms with Gasteiger partial charge in [-0.05, 0) is 68.1 Å². The van der Waals surface area contributed by atoms with E-state index in [1.165, 1.54) is 12.8 Å². The van der Waals surface area contributed by atoms with E-state index in [-0.39, 0.29) is 12.0 Å². The van der Waals surface area contributed by atoms with Gasteiger partial charge in [0.1, 0.15) is 12.4 Å². The average molecular weight is 362 g/mol. The van der Waals surface area contributed by atoms with Crippen LogP contribution in [0, 0.1) is 5.92 Å². The Bertz CT molecular complexity index is 579. The van der Waals surface area contributed by atoms with Crippen molar-refractivity contribution in [2.45, 2.75) is 51.0 Å². The van der Waals surface area contributed by atoms with E-state index in [0.29, 0.717) is 24.1 Å². The van der Waals surface area contributed by atoms with Gasteiger partial charge < -0.3 is 20.1 Å². The fraction of sp³-hybridized carbons (Fsp3) is 0.579. The van der Waals surface area contributed by atoms with Gasteiger partial charge in [-0.15, -0.1) is 0 Å². The van der Waals surface area contributed by atoms with Gasteiger partial charge in [-0.2, -0.15) is 0 Å². The lowest BCUT2D eigenvalue weighted by molar-refractivity contribution is -0.120. The molecule has 1 aliphatic carbocycles. The monoisotopic (exact) mass is 362 g/mol. The van der Waals surface area contributed by atoms with E-state index in [4.69, 9.17) is 21.7 Å². The first-order valence-corrected chi connectivity index (χ1v) is 9.55. The molecule has 1 amide bonds. The van der Waals surface area contributed by atoms with Crippen LogP contribution in [0.5, 0.6) is 5.75 Å². The van der Waals surface area contributed by atoms with Gasteiger partial charge in [0.15, 0.2) is 5.11 Å². The Morgan fingerprint density at radius 1 is 1.16 bits per heavy atom. The molecule has 0 aromatic heterocycles. The van der Waals surface area contributed by atoms with E-state index in [1.807, 2.05) is 24.3 Å². The number of thiocarbonyl (C=S) groups is 1. The number of hydrogen-bond acceptors (Lipinski definition) is 4. The average Bonchev–Trinajstić information content (AvgIpc) is 3.27. The van der Waals surface area contributed by atoms with Crippen molar-refractivity contribution in [2.75, 3.05) is 18.5 Å². The molecule has 3 rings (SSSR count). The predicted molar refractivity (Wildman–Crippen MR) is 102 cm³/mol. The SMILES string of the molecule is O=C(CC1CCCC1)NC(=S)Nc1ccc(OCC2CCCO2)cc1. The summed E-state index contributed by atoms with van der Waals surface area (Å²) in [6.07, 6.45) is 7.74. The number of hydrogen-bond donors (Lipinski definition) is 2. The van der Waals surface area contributed by atoms with Crippen molar-refractivity contribution in [3.8, 4) is 5.75 Å². The van der Waals surface area contributed by atoms with E-state index in [1.54, 1.807) is 0 Å². The van der Waals surface area contributed by atoms with Crippen molar-refractivity contribution in [1.82, 2.24) is 5.32 Å². The molecular weight excluding hydrogens is 336 g/mol. The van der Waals surface area contributed by atoms with Crippen molar-refractivity contribution in [1.29, 1.82) is 0 Å². The van der Waals surface area contributed by atoms with Gasteiger partial charge in [0.25, 0.3) is 0 Å². The third kappa shape index (κ3) is 5.97. The van der Waals surface area contributed by atoms with Gasteiger partial charge in [0, 0.05) is 18.7 Å². The highest BCUT2D eigenvalue weighted by molar-refractivity contribution is 7.80. The van der Waals surface area contributed by atoms with Gasteiger partial charge in [-0.1, -0.05) is 12.8 Å². The predicted octanol–water partition coefficient (Wildman–Crippen LogP) is 3.64. The molecule has 25 heavy (non-hydrogen) atoms. The number of anilines is 1. The van der Waals surface area contributed by atoms with Crippen LogP contribution in [0.1, 0.15) is 44.9 Å². The Labute approximate surface area is 154 Å². The van der Waals surface area contributed by atoms with Crippen molar-refractivity contribution in [3.63, 3.8) is 0 Å². The van der Waals surface area contributed by atoms with E-state index >= 15 is 0 Å². The molecule has 1 saturated heterocycles. The summed E-state index contributed by atoms with van der Waals surface area (Å²) in [4.78, 5) is 12.0. The summed E-state index contributed by atoms with van der Waals surface area (Å²) in [5.41, 5.74) is 0.829. The van der Waals surface area contributed by atoms with Crippen LogP contribution in [0.15, 0.2) is 24.3 Å². The van der Waals surface area contributed by atoms with Crippen LogP contribution in [0.25, 0.3) is 0 Å². The molecule has 1 saturated carbocycles. The molecule has 2 N–H and O–H groups in total. The zero-order valence-electron chi connectivity index (χ0n) is 14.5. The summed E-state index contributed by atoms with van der Waals surface area (Å²) >= 11 is 5.22. The van der Waals surface area contributed by atoms with Crippen molar-refractivity contribution in [2.24, 2.45) is 5.92 Å². The quantitative estimate of drug-likeness (QED) is 0.757. The Morgan fingerprint density at radius 3 is 2.60 bits per heavy atom. The lowest BCUT2D eigenvalue weighted by atomic mass is 10.0. The number of carbonyl (C=O) groups excluding carboxylic acids is 1. The fourth-order valence-electron chi connectivity index (χ4n) is 3.42. The number of nitrogens with one attached hydrogen (secondary N) is 2. The first-order valence-electron chi connectivity index (χ1n) is 9.14. The summed E-state index contributed by atoms with van der Waals surface area (Å²) in [6.45, 7) is 1.42. The Hall–Kier alpha value is -1.66. The number of carbonyl (C=O) groups is 1. The second-order valence-electron chi connectivity index (χ2n) is 6.83. The van der Waals surface area contributed by atoms with Crippen molar-refractivity contribution < 1.29 is 14.3 Å². The highest BCUT2D eigenvalue weighted by atomic mass is 32.1. The molecule has 5 nitrogen and oxygen atoms in total. The molecule has 1 aromatic rings. The maximum atomic E-state index is 12.0. The lowest BCUT2D eigenvalue weighted by Crippen LogP contribution is -2.34. The van der Waals surface area contributed by atoms with Gasteiger partial charge >= 0.3 is 0 Å². The van der Waals surface area contributed by atoms with E-state index < -0.39 is 0 Å². The summed E-state index contributed by atoms with van der Waals surface area (Å²) in [5, 5.41) is 6.15. The lowest BCUT2D eigenvalue weighted by Gasteiger charge is -2.13. The van der Waals surface area contributed by atoms with E-state index in [0.717, 1.165) is 43.7 Å². The Kier molecular flexibility index (Phi) is 6.64.